The molecule has 32 heavy (non-hydrogen) atoms. The van der Waals surface area contributed by atoms with Crippen LogP contribution >= 0.6 is 11.3 Å². The first-order chi connectivity index (χ1) is 15.5. The first kappa shape index (κ1) is 20.7. The van der Waals surface area contributed by atoms with Crippen molar-refractivity contribution < 1.29 is 9.53 Å². The van der Waals surface area contributed by atoms with E-state index in [2.05, 4.69) is 10.4 Å². The molecular formula is C22H23N5O4S. The molecule has 0 bridgehead atoms. The summed E-state index contributed by atoms with van der Waals surface area (Å²) in [5, 5.41) is 8.97. The number of hydrogen-bond donors (Lipinski definition) is 1. The number of fused-ring (bicyclic) bond motifs is 3. The first-order valence-corrected chi connectivity index (χ1v) is 11.5. The molecule has 1 fully saturated rings. The van der Waals surface area contributed by atoms with Crippen molar-refractivity contribution in [3.8, 4) is 0 Å². The van der Waals surface area contributed by atoms with Crippen molar-refractivity contribution in [3.05, 3.63) is 62.1 Å². The van der Waals surface area contributed by atoms with Crippen molar-refractivity contribution in [2.24, 2.45) is 0 Å². The molecule has 0 aliphatic carbocycles. The van der Waals surface area contributed by atoms with E-state index in [1.807, 2.05) is 25.1 Å². The van der Waals surface area contributed by atoms with E-state index < -0.39 is 5.69 Å². The Kier molecular flexibility index (Phi) is 5.40. The van der Waals surface area contributed by atoms with Gasteiger partial charge in [0.1, 0.15) is 11.2 Å². The number of nitrogens with one attached hydrogen (secondary N) is 1. The average molecular weight is 454 g/mol. The van der Waals surface area contributed by atoms with Crippen LogP contribution in [-0.4, -0.2) is 37.4 Å². The summed E-state index contributed by atoms with van der Waals surface area (Å²) in [4.78, 5) is 38.9. The first-order valence-electron chi connectivity index (χ1n) is 10.6. The molecule has 0 saturated carbocycles. The molecule has 0 radical (unpaired) electrons. The molecule has 1 aromatic carbocycles. The highest BCUT2D eigenvalue weighted by Crippen LogP contribution is 2.19. The number of nitrogens with zero attached hydrogens (tertiary/aromatic N) is 4. The van der Waals surface area contributed by atoms with Gasteiger partial charge >= 0.3 is 5.69 Å². The number of benzene rings is 1. The highest BCUT2D eigenvalue weighted by atomic mass is 32.1. The Labute approximate surface area is 186 Å². The number of thiophene rings is 1. The van der Waals surface area contributed by atoms with E-state index >= 15 is 0 Å². The minimum absolute atomic E-state index is 0.0942. The predicted molar refractivity (Wildman–Crippen MR) is 123 cm³/mol. The Morgan fingerprint density at radius 1 is 1.31 bits per heavy atom. The van der Waals surface area contributed by atoms with Crippen molar-refractivity contribution in [1.82, 2.24) is 18.7 Å². The molecule has 1 N–H and O–H groups in total. The molecule has 1 atom stereocenters. The fraction of sp³-hybridized carbons (Fsp3) is 0.364. The van der Waals surface area contributed by atoms with Crippen molar-refractivity contribution >= 4 is 38.9 Å². The Hall–Kier alpha value is -3.24. The average Bonchev–Trinajstić information content (AvgIpc) is 3.53. The van der Waals surface area contributed by atoms with E-state index in [1.54, 1.807) is 17.5 Å². The maximum absolute atomic E-state index is 13.2. The minimum atomic E-state index is -0.457. The fourth-order valence-corrected chi connectivity index (χ4v) is 4.92. The molecular weight excluding hydrogens is 430 g/mol. The van der Waals surface area contributed by atoms with Gasteiger partial charge in [0.2, 0.25) is 11.7 Å². The second-order valence-corrected chi connectivity index (χ2v) is 8.78. The number of aryl methyl sites for hydroxylation is 1. The normalized spacial score (nSPS) is 16.2. The van der Waals surface area contributed by atoms with Crippen LogP contribution in [-0.2, 0) is 29.0 Å². The fourth-order valence-electron chi connectivity index (χ4n) is 4.10. The molecule has 0 unspecified atom stereocenters. The molecule has 5 rings (SSSR count). The zero-order chi connectivity index (χ0) is 22.2. The molecule has 1 aliphatic heterocycles. The maximum Gasteiger partial charge on any atom is 0.352 e. The minimum Gasteiger partial charge on any atom is -0.376 e. The number of rotatable bonds is 6. The van der Waals surface area contributed by atoms with Gasteiger partial charge in [-0.2, -0.15) is 0 Å². The monoisotopic (exact) mass is 453 g/mol. The summed E-state index contributed by atoms with van der Waals surface area (Å²) in [7, 11) is 0. The van der Waals surface area contributed by atoms with E-state index in [4.69, 9.17) is 4.74 Å². The lowest BCUT2D eigenvalue weighted by Gasteiger charge is -2.12. The molecule has 9 nitrogen and oxygen atoms in total. The van der Waals surface area contributed by atoms with Crippen LogP contribution in [0.2, 0.25) is 0 Å². The van der Waals surface area contributed by atoms with E-state index in [1.165, 1.54) is 20.3 Å². The predicted octanol–water partition coefficient (Wildman–Crippen LogP) is 2.25. The lowest BCUT2D eigenvalue weighted by atomic mass is 10.1. The van der Waals surface area contributed by atoms with Crippen LogP contribution in [0.15, 0.2) is 45.3 Å². The summed E-state index contributed by atoms with van der Waals surface area (Å²) in [6.45, 7) is 2.77. The Morgan fingerprint density at radius 2 is 2.19 bits per heavy atom. The summed E-state index contributed by atoms with van der Waals surface area (Å²) in [6, 6.07) is 9.30. The van der Waals surface area contributed by atoms with Crippen molar-refractivity contribution in [2.75, 3.05) is 11.9 Å². The van der Waals surface area contributed by atoms with Gasteiger partial charge < -0.3 is 10.1 Å². The largest absolute Gasteiger partial charge is 0.376 e. The smallest absolute Gasteiger partial charge is 0.352 e. The number of carbonyl (C=O) groups excluding carboxylic acids is 1. The van der Waals surface area contributed by atoms with Crippen LogP contribution in [0.5, 0.6) is 0 Å². The summed E-state index contributed by atoms with van der Waals surface area (Å²) >= 11 is 1.29. The summed E-state index contributed by atoms with van der Waals surface area (Å²) < 4.78 is 10.2. The van der Waals surface area contributed by atoms with Gasteiger partial charge in [-0.3, -0.25) is 14.2 Å². The molecule has 1 saturated heterocycles. The number of ether oxygens (including phenoxy) is 1. The summed E-state index contributed by atoms with van der Waals surface area (Å²) in [6.07, 6.45) is 2.56. The lowest BCUT2D eigenvalue weighted by Crippen LogP contribution is -2.30. The summed E-state index contributed by atoms with van der Waals surface area (Å²) in [5.41, 5.74) is 1.62. The standard InChI is InChI=1S/C22H23N5O4S/c1-2-14-5-3-6-15(11-14)23-18(28)13-26-22(30)27-17-8-10-32-19(17)20(29)25(21(27)24-26)12-16-7-4-9-31-16/h3,5-6,8,10-11,16H,2,4,7,9,12-13H2,1H3,(H,23,28)/t16-/m0/s1. The van der Waals surface area contributed by atoms with Crippen LogP contribution in [0, 0.1) is 0 Å². The molecule has 1 amide bonds. The number of anilines is 1. The second-order valence-electron chi connectivity index (χ2n) is 7.86. The highest BCUT2D eigenvalue weighted by molar-refractivity contribution is 7.17. The van der Waals surface area contributed by atoms with Crippen LogP contribution in [0.4, 0.5) is 5.69 Å². The quantitative estimate of drug-likeness (QED) is 0.483. The topological polar surface area (TPSA) is 99.6 Å². The van der Waals surface area contributed by atoms with Gasteiger partial charge in [-0.15, -0.1) is 16.4 Å². The maximum atomic E-state index is 13.2. The van der Waals surface area contributed by atoms with Crippen LogP contribution < -0.4 is 16.6 Å². The van der Waals surface area contributed by atoms with Crippen molar-refractivity contribution in [3.63, 3.8) is 0 Å². The van der Waals surface area contributed by atoms with E-state index in [0.29, 0.717) is 29.1 Å². The zero-order valence-corrected chi connectivity index (χ0v) is 18.4. The third-order valence-corrected chi connectivity index (χ3v) is 6.60. The van der Waals surface area contributed by atoms with Gasteiger partial charge in [0.15, 0.2) is 0 Å². The molecule has 166 valence electrons. The third kappa shape index (κ3) is 3.65. The Morgan fingerprint density at radius 3 is 2.97 bits per heavy atom. The van der Waals surface area contributed by atoms with Gasteiger partial charge in [-0.05, 0) is 48.4 Å². The third-order valence-electron chi connectivity index (χ3n) is 5.71. The van der Waals surface area contributed by atoms with Crippen LogP contribution in [0.3, 0.4) is 0 Å². The number of hydrogen-bond acceptors (Lipinski definition) is 6. The molecule has 4 aromatic rings. The van der Waals surface area contributed by atoms with Gasteiger partial charge in [0.25, 0.3) is 5.56 Å². The van der Waals surface area contributed by atoms with Crippen molar-refractivity contribution in [2.45, 2.75) is 45.4 Å². The SMILES string of the molecule is CCc1cccc(NC(=O)Cn2nc3n(C[C@@H]4CCCO4)c(=O)c4sccc4n3c2=O)c1. The Balaban J connectivity index is 1.52. The van der Waals surface area contributed by atoms with Crippen molar-refractivity contribution in [1.29, 1.82) is 0 Å². The second kappa shape index (κ2) is 8.36. The van der Waals surface area contributed by atoms with Gasteiger partial charge in [0.05, 0.1) is 18.2 Å². The van der Waals surface area contributed by atoms with E-state index in [-0.39, 0.29) is 29.9 Å². The Bertz CT molecular complexity index is 1420. The highest BCUT2D eigenvalue weighted by Gasteiger charge is 2.23. The van der Waals surface area contributed by atoms with Gasteiger partial charge in [0, 0.05) is 12.3 Å². The van der Waals surface area contributed by atoms with Crippen LogP contribution in [0.1, 0.15) is 25.3 Å². The molecule has 1 aliphatic rings. The number of aromatic nitrogens is 4. The van der Waals surface area contributed by atoms with Gasteiger partial charge in [-0.1, -0.05) is 19.1 Å². The lowest BCUT2D eigenvalue weighted by molar-refractivity contribution is -0.117. The van der Waals surface area contributed by atoms with Gasteiger partial charge in [-0.25, -0.2) is 13.9 Å². The number of carbonyl (C=O) groups is 1. The molecule has 0 spiro atoms. The molecule has 3 aromatic heterocycles. The van der Waals surface area contributed by atoms with E-state index in [0.717, 1.165) is 29.5 Å². The summed E-state index contributed by atoms with van der Waals surface area (Å²) in [5.74, 6) is -0.138. The van der Waals surface area contributed by atoms with E-state index in [9.17, 15) is 14.4 Å². The molecule has 4 heterocycles. The molecule has 10 heteroatoms. The number of amides is 1. The zero-order valence-electron chi connectivity index (χ0n) is 17.6. The van der Waals surface area contributed by atoms with Crippen LogP contribution in [0.25, 0.3) is 16.0 Å².